The van der Waals surface area contributed by atoms with E-state index in [4.69, 9.17) is 10.6 Å². The number of nitrogens with one attached hydrogen (secondary N) is 1. The van der Waals surface area contributed by atoms with Crippen LogP contribution in [-0.4, -0.2) is 25.7 Å². The molecule has 0 saturated heterocycles. The Balaban J connectivity index is 2.33. The SMILES string of the molecule is CCC1CCCCC1C(CCOCC(F)F)NN. The monoisotopic (exact) mass is 264 g/mol. The van der Waals surface area contributed by atoms with Gasteiger partial charge < -0.3 is 4.74 Å². The van der Waals surface area contributed by atoms with Gasteiger partial charge in [0.1, 0.15) is 6.61 Å². The number of rotatable bonds is 8. The van der Waals surface area contributed by atoms with Gasteiger partial charge in [0, 0.05) is 12.6 Å². The Bertz CT molecular complexity index is 217. The van der Waals surface area contributed by atoms with Crippen molar-refractivity contribution < 1.29 is 13.5 Å². The maximum Gasteiger partial charge on any atom is 0.261 e. The Labute approximate surface area is 108 Å². The fraction of sp³-hybridized carbons (Fsp3) is 1.00. The van der Waals surface area contributed by atoms with E-state index in [1.165, 1.54) is 32.1 Å². The van der Waals surface area contributed by atoms with E-state index < -0.39 is 13.0 Å². The lowest BCUT2D eigenvalue weighted by atomic mass is 9.73. The zero-order chi connectivity index (χ0) is 13.4. The average molecular weight is 264 g/mol. The topological polar surface area (TPSA) is 47.3 Å². The highest BCUT2D eigenvalue weighted by molar-refractivity contribution is 4.83. The van der Waals surface area contributed by atoms with Crippen molar-refractivity contribution in [3.05, 3.63) is 0 Å². The normalized spacial score (nSPS) is 26.5. The van der Waals surface area contributed by atoms with Crippen molar-refractivity contribution in [1.82, 2.24) is 5.43 Å². The second kappa shape index (κ2) is 8.77. The Morgan fingerprint density at radius 1 is 1.33 bits per heavy atom. The number of halogens is 2. The highest BCUT2D eigenvalue weighted by Gasteiger charge is 2.29. The first-order chi connectivity index (χ1) is 8.69. The number of alkyl halides is 2. The van der Waals surface area contributed by atoms with Gasteiger partial charge in [0.15, 0.2) is 0 Å². The van der Waals surface area contributed by atoms with E-state index in [0.29, 0.717) is 24.9 Å². The highest BCUT2D eigenvalue weighted by Crippen LogP contribution is 2.35. The maximum atomic E-state index is 11.9. The summed E-state index contributed by atoms with van der Waals surface area (Å²) in [6.07, 6.45) is 4.49. The summed E-state index contributed by atoms with van der Waals surface area (Å²) in [7, 11) is 0. The molecule has 3 nitrogen and oxygen atoms in total. The summed E-state index contributed by atoms with van der Waals surface area (Å²) >= 11 is 0. The Morgan fingerprint density at radius 3 is 2.67 bits per heavy atom. The van der Waals surface area contributed by atoms with E-state index in [-0.39, 0.29) is 6.04 Å². The average Bonchev–Trinajstić information content (AvgIpc) is 2.38. The van der Waals surface area contributed by atoms with Gasteiger partial charge in [-0.3, -0.25) is 11.3 Å². The number of hydrogen-bond acceptors (Lipinski definition) is 3. The molecule has 0 radical (unpaired) electrons. The van der Waals surface area contributed by atoms with Gasteiger partial charge in [0.2, 0.25) is 0 Å². The zero-order valence-corrected chi connectivity index (χ0v) is 11.2. The lowest BCUT2D eigenvalue weighted by Crippen LogP contribution is -2.45. The summed E-state index contributed by atoms with van der Waals surface area (Å²) in [5.41, 5.74) is 2.86. The summed E-state index contributed by atoms with van der Waals surface area (Å²) < 4.78 is 28.8. The third kappa shape index (κ3) is 5.16. The number of hydrogen-bond donors (Lipinski definition) is 2. The lowest BCUT2D eigenvalue weighted by molar-refractivity contribution is 0.0104. The van der Waals surface area contributed by atoms with Gasteiger partial charge in [0.05, 0.1) is 0 Å². The molecule has 0 spiro atoms. The van der Waals surface area contributed by atoms with Crippen molar-refractivity contribution >= 4 is 0 Å². The van der Waals surface area contributed by atoms with Crippen LogP contribution in [0.25, 0.3) is 0 Å². The van der Waals surface area contributed by atoms with Gasteiger partial charge >= 0.3 is 0 Å². The molecule has 1 aliphatic carbocycles. The third-order valence-electron chi connectivity index (χ3n) is 4.04. The summed E-state index contributed by atoms with van der Waals surface area (Å²) in [5, 5.41) is 0. The molecule has 1 rings (SSSR count). The minimum absolute atomic E-state index is 0.188. The number of ether oxygens (including phenoxy) is 1. The first-order valence-electron chi connectivity index (χ1n) is 7.01. The minimum atomic E-state index is -2.38. The molecule has 0 aromatic rings. The Kier molecular flexibility index (Phi) is 7.70. The predicted molar refractivity (Wildman–Crippen MR) is 68.3 cm³/mol. The number of hydrazine groups is 1. The standard InChI is InChI=1S/C13H26F2N2O/c1-2-10-5-3-4-6-11(10)12(17-16)7-8-18-9-13(14)15/h10-13,17H,2-9,16H2,1H3. The molecule has 0 heterocycles. The quantitative estimate of drug-likeness (QED) is 0.402. The molecular weight excluding hydrogens is 238 g/mol. The van der Waals surface area contributed by atoms with E-state index >= 15 is 0 Å². The van der Waals surface area contributed by atoms with E-state index in [2.05, 4.69) is 12.3 Å². The highest BCUT2D eigenvalue weighted by atomic mass is 19.3. The zero-order valence-electron chi connectivity index (χ0n) is 11.2. The molecule has 0 aromatic carbocycles. The molecule has 0 aromatic heterocycles. The van der Waals surface area contributed by atoms with Crippen LogP contribution in [0.15, 0.2) is 0 Å². The summed E-state index contributed by atoms with van der Waals surface area (Å²) in [6, 6.07) is 0.188. The van der Waals surface area contributed by atoms with Gasteiger partial charge in [-0.1, -0.05) is 32.6 Å². The van der Waals surface area contributed by atoms with E-state index in [9.17, 15) is 8.78 Å². The largest absolute Gasteiger partial charge is 0.375 e. The van der Waals surface area contributed by atoms with Crippen LogP contribution in [0.3, 0.4) is 0 Å². The van der Waals surface area contributed by atoms with Crippen molar-refractivity contribution in [2.24, 2.45) is 17.7 Å². The van der Waals surface area contributed by atoms with Crippen molar-refractivity contribution in [3.63, 3.8) is 0 Å². The van der Waals surface area contributed by atoms with Crippen molar-refractivity contribution in [2.45, 2.75) is 57.9 Å². The molecular formula is C13H26F2N2O. The van der Waals surface area contributed by atoms with Crippen LogP contribution in [0, 0.1) is 11.8 Å². The molecule has 3 unspecified atom stereocenters. The van der Waals surface area contributed by atoms with Gasteiger partial charge in [-0.05, 0) is 24.7 Å². The van der Waals surface area contributed by atoms with Crippen LogP contribution in [0.2, 0.25) is 0 Å². The summed E-state index contributed by atoms with van der Waals surface area (Å²) in [6.45, 7) is 2.09. The molecule has 108 valence electrons. The smallest absolute Gasteiger partial charge is 0.261 e. The van der Waals surface area contributed by atoms with Crippen LogP contribution in [0.1, 0.15) is 45.4 Å². The summed E-state index contributed by atoms with van der Waals surface area (Å²) in [4.78, 5) is 0. The molecule has 0 aliphatic heterocycles. The molecule has 0 amide bonds. The predicted octanol–water partition coefficient (Wildman–Crippen LogP) is 2.71. The van der Waals surface area contributed by atoms with E-state index in [0.717, 1.165) is 0 Å². The summed E-state index contributed by atoms with van der Waals surface area (Å²) in [5.74, 6) is 6.87. The Hall–Kier alpha value is -0.260. The molecule has 3 N–H and O–H groups in total. The molecule has 1 saturated carbocycles. The van der Waals surface area contributed by atoms with E-state index in [1.807, 2.05) is 0 Å². The van der Waals surface area contributed by atoms with Crippen LogP contribution in [0.4, 0.5) is 8.78 Å². The fourth-order valence-electron chi connectivity index (χ4n) is 3.08. The van der Waals surface area contributed by atoms with Crippen molar-refractivity contribution in [2.75, 3.05) is 13.2 Å². The van der Waals surface area contributed by atoms with Crippen LogP contribution >= 0.6 is 0 Å². The third-order valence-corrected chi connectivity index (χ3v) is 4.04. The molecule has 18 heavy (non-hydrogen) atoms. The van der Waals surface area contributed by atoms with E-state index in [1.54, 1.807) is 0 Å². The molecule has 0 bridgehead atoms. The van der Waals surface area contributed by atoms with Gasteiger partial charge in [-0.2, -0.15) is 0 Å². The van der Waals surface area contributed by atoms with Crippen LogP contribution < -0.4 is 11.3 Å². The second-order valence-electron chi connectivity index (χ2n) is 5.14. The first-order valence-corrected chi connectivity index (χ1v) is 7.01. The maximum absolute atomic E-state index is 11.9. The first kappa shape index (κ1) is 15.8. The molecule has 1 aliphatic rings. The Morgan fingerprint density at radius 2 is 2.06 bits per heavy atom. The molecule has 3 atom stereocenters. The van der Waals surface area contributed by atoms with Gasteiger partial charge in [-0.25, -0.2) is 8.78 Å². The van der Waals surface area contributed by atoms with Crippen molar-refractivity contribution in [3.8, 4) is 0 Å². The minimum Gasteiger partial charge on any atom is -0.375 e. The van der Waals surface area contributed by atoms with Crippen LogP contribution in [-0.2, 0) is 4.74 Å². The second-order valence-corrected chi connectivity index (χ2v) is 5.14. The van der Waals surface area contributed by atoms with Crippen molar-refractivity contribution in [1.29, 1.82) is 0 Å². The molecule has 5 heteroatoms. The number of nitrogens with two attached hydrogens (primary N) is 1. The molecule has 1 fully saturated rings. The van der Waals surface area contributed by atoms with Gasteiger partial charge in [-0.15, -0.1) is 0 Å². The fourth-order valence-corrected chi connectivity index (χ4v) is 3.08. The lowest BCUT2D eigenvalue weighted by Gasteiger charge is -2.36. The van der Waals surface area contributed by atoms with Crippen LogP contribution in [0.5, 0.6) is 0 Å². The van der Waals surface area contributed by atoms with Gasteiger partial charge in [0.25, 0.3) is 6.43 Å².